The van der Waals surface area contributed by atoms with Crippen molar-refractivity contribution in [2.24, 2.45) is 0 Å². The zero-order chi connectivity index (χ0) is 18.0. The van der Waals surface area contributed by atoms with Crippen LogP contribution < -0.4 is 10.1 Å². The molecule has 0 aromatic heterocycles. The maximum Gasteiger partial charge on any atom is 0.240 e. The van der Waals surface area contributed by atoms with E-state index in [-0.39, 0.29) is 29.9 Å². The molecule has 0 radical (unpaired) electrons. The summed E-state index contributed by atoms with van der Waals surface area (Å²) in [6.45, 7) is 8.23. The van der Waals surface area contributed by atoms with E-state index < -0.39 is 0 Å². The fourth-order valence-electron chi connectivity index (χ4n) is 3.93. The molecule has 25 heavy (non-hydrogen) atoms. The SMILES string of the molecule is CCOc1ccccc1CN1C[C@@H]2C[C@H](NC(C)=O)CN2C(=O)[C@@H]1C. The number of nitrogens with zero attached hydrogens (tertiary/aromatic N) is 2. The molecule has 6 heteroatoms. The monoisotopic (exact) mass is 345 g/mol. The van der Waals surface area contributed by atoms with Gasteiger partial charge in [-0.25, -0.2) is 0 Å². The van der Waals surface area contributed by atoms with Gasteiger partial charge >= 0.3 is 0 Å². The molecule has 2 saturated heterocycles. The highest BCUT2D eigenvalue weighted by atomic mass is 16.5. The van der Waals surface area contributed by atoms with Crippen molar-refractivity contribution < 1.29 is 14.3 Å². The van der Waals surface area contributed by atoms with Crippen molar-refractivity contribution >= 4 is 11.8 Å². The largest absolute Gasteiger partial charge is 0.494 e. The van der Waals surface area contributed by atoms with Crippen LogP contribution in [-0.4, -0.2) is 59.4 Å². The number of nitrogens with one attached hydrogen (secondary N) is 1. The summed E-state index contributed by atoms with van der Waals surface area (Å²) in [6, 6.07) is 8.07. The van der Waals surface area contributed by atoms with Gasteiger partial charge in [0.25, 0.3) is 0 Å². The standard InChI is InChI=1S/C19H27N3O3/c1-4-25-18-8-6-5-7-15(18)10-21-12-17-9-16(20-14(3)23)11-22(17)19(24)13(21)2/h5-8,13,16-17H,4,9-12H2,1-3H3,(H,20,23)/t13-,16-,17-/m0/s1. The molecular formula is C19H27N3O3. The molecule has 2 heterocycles. The number of piperazine rings is 1. The molecule has 1 N–H and O–H groups in total. The van der Waals surface area contributed by atoms with Gasteiger partial charge in [0.05, 0.1) is 12.6 Å². The van der Waals surface area contributed by atoms with Crippen LogP contribution in [0.5, 0.6) is 5.75 Å². The Morgan fingerprint density at radius 1 is 1.32 bits per heavy atom. The zero-order valence-corrected chi connectivity index (χ0v) is 15.2. The van der Waals surface area contributed by atoms with Crippen molar-refractivity contribution in [3.05, 3.63) is 29.8 Å². The fourth-order valence-corrected chi connectivity index (χ4v) is 3.93. The topological polar surface area (TPSA) is 61.9 Å². The second kappa shape index (κ2) is 7.44. The molecule has 3 rings (SSSR count). The van der Waals surface area contributed by atoms with Crippen LogP contribution in [-0.2, 0) is 16.1 Å². The number of hydrogen-bond acceptors (Lipinski definition) is 4. The smallest absolute Gasteiger partial charge is 0.240 e. The van der Waals surface area contributed by atoms with E-state index in [1.807, 2.05) is 36.9 Å². The molecule has 136 valence electrons. The predicted molar refractivity (Wildman–Crippen MR) is 95.2 cm³/mol. The lowest BCUT2D eigenvalue weighted by Gasteiger charge is -2.41. The van der Waals surface area contributed by atoms with Crippen molar-refractivity contribution in [3.8, 4) is 5.75 Å². The van der Waals surface area contributed by atoms with Crippen LogP contribution in [0.15, 0.2) is 24.3 Å². The van der Waals surface area contributed by atoms with Gasteiger partial charge in [0, 0.05) is 44.2 Å². The van der Waals surface area contributed by atoms with Crippen LogP contribution in [0, 0.1) is 0 Å². The minimum atomic E-state index is -0.165. The van der Waals surface area contributed by atoms with Gasteiger partial charge in [-0.1, -0.05) is 18.2 Å². The third-order valence-corrected chi connectivity index (χ3v) is 5.10. The molecule has 0 spiro atoms. The Kier molecular flexibility index (Phi) is 5.27. The Hall–Kier alpha value is -2.08. The quantitative estimate of drug-likeness (QED) is 0.876. The van der Waals surface area contributed by atoms with E-state index >= 15 is 0 Å². The first-order chi connectivity index (χ1) is 12.0. The van der Waals surface area contributed by atoms with Crippen LogP contribution >= 0.6 is 0 Å². The van der Waals surface area contributed by atoms with Crippen LogP contribution in [0.25, 0.3) is 0 Å². The minimum absolute atomic E-state index is 0.0344. The first kappa shape index (κ1) is 17.7. The first-order valence-electron chi connectivity index (χ1n) is 9.02. The molecule has 0 saturated carbocycles. The molecule has 2 fully saturated rings. The summed E-state index contributed by atoms with van der Waals surface area (Å²) in [5, 5.41) is 2.95. The highest BCUT2D eigenvalue weighted by molar-refractivity contribution is 5.83. The van der Waals surface area contributed by atoms with Crippen LogP contribution in [0.2, 0.25) is 0 Å². The average molecular weight is 345 g/mol. The third kappa shape index (κ3) is 3.79. The van der Waals surface area contributed by atoms with Gasteiger partial charge in [-0.3, -0.25) is 14.5 Å². The third-order valence-electron chi connectivity index (χ3n) is 5.10. The Labute approximate surface area is 149 Å². The number of ether oxygens (including phenoxy) is 1. The number of hydrogen-bond donors (Lipinski definition) is 1. The number of carbonyl (C=O) groups is 2. The fraction of sp³-hybridized carbons (Fsp3) is 0.579. The van der Waals surface area contributed by atoms with Gasteiger partial charge in [-0.05, 0) is 26.3 Å². The summed E-state index contributed by atoms with van der Waals surface area (Å²) in [4.78, 5) is 28.3. The molecule has 0 unspecified atom stereocenters. The van der Waals surface area contributed by atoms with Gasteiger partial charge in [-0.2, -0.15) is 0 Å². The van der Waals surface area contributed by atoms with E-state index in [1.54, 1.807) is 0 Å². The summed E-state index contributed by atoms with van der Waals surface area (Å²) < 4.78 is 5.72. The van der Waals surface area contributed by atoms with Crippen LogP contribution in [0.1, 0.15) is 32.8 Å². The molecular weight excluding hydrogens is 318 g/mol. The molecule has 2 aliphatic heterocycles. The van der Waals surface area contributed by atoms with Crippen molar-refractivity contribution in [2.75, 3.05) is 19.7 Å². The highest BCUT2D eigenvalue weighted by Gasteiger charge is 2.43. The van der Waals surface area contributed by atoms with Gasteiger partial charge in [0.15, 0.2) is 0 Å². The van der Waals surface area contributed by atoms with E-state index in [4.69, 9.17) is 4.74 Å². The number of amides is 2. The molecule has 0 aliphatic carbocycles. The van der Waals surface area contributed by atoms with Gasteiger partial charge in [0.1, 0.15) is 5.75 Å². The molecule has 1 aromatic carbocycles. The average Bonchev–Trinajstić information content (AvgIpc) is 2.96. The lowest BCUT2D eigenvalue weighted by molar-refractivity contribution is -0.143. The molecule has 2 aliphatic rings. The highest BCUT2D eigenvalue weighted by Crippen LogP contribution is 2.29. The molecule has 1 aromatic rings. The van der Waals surface area contributed by atoms with E-state index in [9.17, 15) is 9.59 Å². The number of carbonyl (C=O) groups excluding carboxylic acids is 2. The zero-order valence-electron chi connectivity index (χ0n) is 15.2. The summed E-state index contributed by atoms with van der Waals surface area (Å²) in [7, 11) is 0. The lowest BCUT2D eigenvalue weighted by Crippen LogP contribution is -2.58. The molecule has 3 atom stereocenters. The Morgan fingerprint density at radius 3 is 2.80 bits per heavy atom. The normalized spacial score (nSPS) is 26.4. The van der Waals surface area contributed by atoms with Crippen molar-refractivity contribution in [1.82, 2.24) is 15.1 Å². The summed E-state index contributed by atoms with van der Waals surface area (Å²) in [5.74, 6) is 1.00. The van der Waals surface area contributed by atoms with Crippen molar-refractivity contribution in [3.63, 3.8) is 0 Å². The van der Waals surface area contributed by atoms with Crippen LogP contribution in [0.3, 0.4) is 0 Å². The van der Waals surface area contributed by atoms with Crippen molar-refractivity contribution in [1.29, 1.82) is 0 Å². The second-order valence-corrected chi connectivity index (χ2v) is 6.92. The van der Waals surface area contributed by atoms with Gasteiger partial charge in [0.2, 0.25) is 11.8 Å². The number of para-hydroxylation sites is 1. The predicted octanol–water partition coefficient (Wildman–Crippen LogP) is 1.39. The molecule has 6 nitrogen and oxygen atoms in total. The van der Waals surface area contributed by atoms with Gasteiger partial charge in [-0.15, -0.1) is 0 Å². The lowest BCUT2D eigenvalue weighted by atomic mass is 10.0. The minimum Gasteiger partial charge on any atom is -0.494 e. The van der Waals surface area contributed by atoms with E-state index in [1.165, 1.54) is 6.92 Å². The number of benzene rings is 1. The Morgan fingerprint density at radius 2 is 2.08 bits per heavy atom. The van der Waals surface area contributed by atoms with E-state index in [2.05, 4.69) is 16.3 Å². The maximum absolute atomic E-state index is 12.8. The Bertz CT molecular complexity index is 649. The molecule has 0 bridgehead atoms. The summed E-state index contributed by atoms with van der Waals surface area (Å²) >= 11 is 0. The van der Waals surface area contributed by atoms with Gasteiger partial charge < -0.3 is 15.0 Å². The maximum atomic E-state index is 12.8. The van der Waals surface area contributed by atoms with Crippen molar-refractivity contribution in [2.45, 2.75) is 51.9 Å². The van der Waals surface area contributed by atoms with E-state index in [0.717, 1.165) is 24.3 Å². The Balaban J connectivity index is 1.72. The molecule has 2 amide bonds. The number of fused-ring (bicyclic) bond motifs is 1. The summed E-state index contributed by atoms with van der Waals surface area (Å²) in [6.07, 6.45) is 0.821. The second-order valence-electron chi connectivity index (χ2n) is 6.92. The summed E-state index contributed by atoms with van der Waals surface area (Å²) in [5.41, 5.74) is 1.11. The first-order valence-corrected chi connectivity index (χ1v) is 9.02. The van der Waals surface area contributed by atoms with E-state index in [0.29, 0.717) is 19.7 Å². The van der Waals surface area contributed by atoms with Crippen LogP contribution in [0.4, 0.5) is 0 Å². The number of rotatable bonds is 5.